The number of hydrogen-bond donors (Lipinski definition) is 1. The van der Waals surface area contributed by atoms with Gasteiger partial charge in [0.05, 0.1) is 12.3 Å². The van der Waals surface area contributed by atoms with Crippen molar-refractivity contribution in [2.45, 2.75) is 13.0 Å². The number of carbonyl (C=O) groups excluding carboxylic acids is 1. The predicted molar refractivity (Wildman–Crippen MR) is 89.8 cm³/mol. The highest BCUT2D eigenvalue weighted by atomic mass is 35.5. The molecule has 23 heavy (non-hydrogen) atoms. The summed E-state index contributed by atoms with van der Waals surface area (Å²) >= 11 is 5.89. The molecule has 1 N–H and O–H groups in total. The Labute approximate surface area is 141 Å². The second-order valence-corrected chi connectivity index (χ2v) is 5.93. The maximum atomic E-state index is 12.0. The predicted octanol–water partition coefficient (Wildman–Crippen LogP) is 3.04. The highest BCUT2D eigenvalue weighted by Gasteiger charge is 2.18. The van der Waals surface area contributed by atoms with Crippen molar-refractivity contribution < 1.29 is 13.9 Å². The zero-order valence-electron chi connectivity index (χ0n) is 13.5. The molecule has 1 atom stereocenters. The highest BCUT2D eigenvalue weighted by Crippen LogP contribution is 2.21. The molecule has 0 saturated heterocycles. The van der Waals surface area contributed by atoms with E-state index in [0.29, 0.717) is 17.3 Å². The normalized spacial score (nSPS) is 12.2. The number of ether oxygens (including phenoxy) is 1. The van der Waals surface area contributed by atoms with Gasteiger partial charge in [0.1, 0.15) is 11.5 Å². The van der Waals surface area contributed by atoms with Crippen molar-refractivity contribution in [2.75, 3.05) is 27.2 Å². The van der Waals surface area contributed by atoms with E-state index in [1.807, 2.05) is 38.1 Å². The molecular weight excluding hydrogens is 316 g/mol. The third-order valence-electron chi connectivity index (χ3n) is 3.48. The van der Waals surface area contributed by atoms with Crippen LogP contribution in [0.4, 0.5) is 0 Å². The van der Waals surface area contributed by atoms with Gasteiger partial charge in [-0.3, -0.25) is 9.69 Å². The minimum absolute atomic E-state index is 0.0220. The molecule has 1 amide bonds. The van der Waals surface area contributed by atoms with E-state index in [9.17, 15) is 4.79 Å². The maximum absolute atomic E-state index is 12.0. The van der Waals surface area contributed by atoms with Crippen molar-refractivity contribution in [3.8, 4) is 5.75 Å². The number of carbonyl (C=O) groups is 1. The Morgan fingerprint density at radius 1 is 1.39 bits per heavy atom. The van der Waals surface area contributed by atoms with Crippen LogP contribution in [-0.2, 0) is 4.79 Å². The Kier molecular flexibility index (Phi) is 6.07. The van der Waals surface area contributed by atoms with Crippen molar-refractivity contribution in [1.82, 2.24) is 10.2 Å². The number of aryl methyl sites for hydroxylation is 1. The topological polar surface area (TPSA) is 54.7 Å². The fourth-order valence-electron chi connectivity index (χ4n) is 2.20. The summed E-state index contributed by atoms with van der Waals surface area (Å²) in [6.45, 7) is 2.29. The number of likely N-dealkylation sites (N-methyl/N-ethyl adjacent to an activating group) is 1. The van der Waals surface area contributed by atoms with Crippen LogP contribution in [0.1, 0.15) is 17.4 Å². The van der Waals surface area contributed by atoms with Gasteiger partial charge in [-0.1, -0.05) is 11.6 Å². The zero-order valence-corrected chi connectivity index (χ0v) is 14.3. The largest absolute Gasteiger partial charge is 0.484 e. The number of halogens is 1. The van der Waals surface area contributed by atoms with Crippen LogP contribution < -0.4 is 10.1 Å². The minimum Gasteiger partial charge on any atom is -0.484 e. The first kappa shape index (κ1) is 17.4. The van der Waals surface area contributed by atoms with Gasteiger partial charge in [0.15, 0.2) is 6.61 Å². The number of amides is 1. The quantitative estimate of drug-likeness (QED) is 0.844. The van der Waals surface area contributed by atoms with Crippen LogP contribution in [0.2, 0.25) is 5.02 Å². The SMILES string of the molecule is Cc1cc(Cl)ccc1OCC(=O)NCC(c1ccco1)N(C)C. The van der Waals surface area contributed by atoms with Gasteiger partial charge in [-0.05, 0) is 56.9 Å². The minimum atomic E-state index is -0.183. The molecular formula is C17H21ClN2O3. The summed E-state index contributed by atoms with van der Waals surface area (Å²) in [7, 11) is 3.87. The Balaban J connectivity index is 1.84. The van der Waals surface area contributed by atoms with Crippen molar-refractivity contribution in [3.05, 3.63) is 52.9 Å². The van der Waals surface area contributed by atoms with Gasteiger partial charge in [-0.15, -0.1) is 0 Å². The van der Waals surface area contributed by atoms with Crippen LogP contribution in [0.25, 0.3) is 0 Å². The molecule has 124 valence electrons. The van der Waals surface area contributed by atoms with E-state index in [4.69, 9.17) is 20.8 Å². The molecule has 2 aromatic rings. The van der Waals surface area contributed by atoms with Gasteiger partial charge in [-0.25, -0.2) is 0 Å². The molecule has 1 aromatic carbocycles. The average molecular weight is 337 g/mol. The molecule has 2 rings (SSSR count). The van der Waals surface area contributed by atoms with Gasteiger partial charge in [0.25, 0.3) is 5.91 Å². The molecule has 0 aliphatic heterocycles. The van der Waals surface area contributed by atoms with E-state index < -0.39 is 0 Å². The number of benzene rings is 1. The second kappa shape index (κ2) is 8.04. The van der Waals surface area contributed by atoms with E-state index in [0.717, 1.165) is 11.3 Å². The molecule has 0 spiro atoms. The number of nitrogens with zero attached hydrogens (tertiary/aromatic N) is 1. The van der Waals surface area contributed by atoms with Crippen LogP contribution >= 0.6 is 11.6 Å². The van der Waals surface area contributed by atoms with E-state index in [1.165, 1.54) is 0 Å². The molecule has 0 bridgehead atoms. The van der Waals surface area contributed by atoms with Gasteiger partial charge >= 0.3 is 0 Å². The molecule has 6 heteroatoms. The lowest BCUT2D eigenvalue weighted by Crippen LogP contribution is -2.36. The second-order valence-electron chi connectivity index (χ2n) is 5.50. The van der Waals surface area contributed by atoms with Crippen molar-refractivity contribution in [3.63, 3.8) is 0 Å². The standard InChI is InChI=1S/C17H21ClN2O3/c1-12-9-13(18)6-7-15(12)23-11-17(21)19-10-14(20(2)3)16-5-4-8-22-16/h4-9,14H,10-11H2,1-3H3,(H,19,21). The first-order valence-corrected chi connectivity index (χ1v) is 7.70. The number of nitrogens with one attached hydrogen (secondary N) is 1. The van der Waals surface area contributed by atoms with E-state index in [-0.39, 0.29) is 18.6 Å². The molecule has 5 nitrogen and oxygen atoms in total. The van der Waals surface area contributed by atoms with E-state index in [2.05, 4.69) is 5.32 Å². The third kappa shape index (κ3) is 5.01. The summed E-state index contributed by atoms with van der Waals surface area (Å²) in [5, 5.41) is 3.51. The van der Waals surface area contributed by atoms with E-state index in [1.54, 1.807) is 24.5 Å². The fourth-order valence-corrected chi connectivity index (χ4v) is 2.42. The summed E-state index contributed by atoms with van der Waals surface area (Å²) in [5.41, 5.74) is 0.895. The number of hydrogen-bond acceptors (Lipinski definition) is 4. The lowest BCUT2D eigenvalue weighted by atomic mass is 10.2. The van der Waals surface area contributed by atoms with Crippen molar-refractivity contribution in [1.29, 1.82) is 0 Å². The molecule has 0 radical (unpaired) electrons. The molecule has 0 saturated carbocycles. The Bertz CT molecular complexity index is 641. The summed E-state index contributed by atoms with van der Waals surface area (Å²) < 4.78 is 10.9. The molecule has 1 heterocycles. The lowest BCUT2D eigenvalue weighted by Gasteiger charge is -2.22. The first-order valence-electron chi connectivity index (χ1n) is 7.33. The third-order valence-corrected chi connectivity index (χ3v) is 3.72. The maximum Gasteiger partial charge on any atom is 0.258 e. The molecule has 0 fully saturated rings. The Morgan fingerprint density at radius 2 is 2.17 bits per heavy atom. The number of furan rings is 1. The molecule has 1 unspecified atom stereocenters. The summed E-state index contributed by atoms with van der Waals surface area (Å²) in [5.74, 6) is 1.28. The summed E-state index contributed by atoms with van der Waals surface area (Å²) in [4.78, 5) is 14.0. The molecule has 0 aliphatic carbocycles. The number of rotatable bonds is 7. The van der Waals surface area contributed by atoms with Crippen molar-refractivity contribution >= 4 is 17.5 Å². The fraction of sp³-hybridized carbons (Fsp3) is 0.353. The summed E-state index contributed by atoms with van der Waals surface area (Å²) in [6.07, 6.45) is 1.63. The highest BCUT2D eigenvalue weighted by molar-refractivity contribution is 6.30. The smallest absolute Gasteiger partial charge is 0.258 e. The Hall–Kier alpha value is -1.98. The lowest BCUT2D eigenvalue weighted by molar-refractivity contribution is -0.123. The average Bonchev–Trinajstić information content (AvgIpc) is 3.00. The molecule has 0 aliphatic rings. The van der Waals surface area contributed by atoms with Gasteiger partial charge < -0.3 is 14.5 Å². The Morgan fingerprint density at radius 3 is 2.78 bits per heavy atom. The monoisotopic (exact) mass is 336 g/mol. The van der Waals surface area contributed by atoms with Crippen LogP contribution in [0.3, 0.4) is 0 Å². The molecule has 1 aromatic heterocycles. The van der Waals surface area contributed by atoms with Crippen LogP contribution in [0, 0.1) is 6.92 Å². The van der Waals surface area contributed by atoms with Crippen LogP contribution in [0.5, 0.6) is 5.75 Å². The zero-order chi connectivity index (χ0) is 16.8. The van der Waals surface area contributed by atoms with Gasteiger partial charge in [0.2, 0.25) is 0 Å². The first-order chi connectivity index (χ1) is 11.0. The van der Waals surface area contributed by atoms with Crippen LogP contribution in [0.15, 0.2) is 41.0 Å². The van der Waals surface area contributed by atoms with E-state index >= 15 is 0 Å². The van der Waals surface area contributed by atoms with Crippen molar-refractivity contribution in [2.24, 2.45) is 0 Å². The van der Waals surface area contributed by atoms with Gasteiger partial charge in [0, 0.05) is 11.6 Å². The van der Waals surface area contributed by atoms with Gasteiger partial charge in [-0.2, -0.15) is 0 Å². The summed E-state index contributed by atoms with van der Waals surface area (Å²) in [6, 6.07) is 9.00. The van der Waals surface area contributed by atoms with Crippen LogP contribution in [-0.4, -0.2) is 38.1 Å².